The summed E-state index contributed by atoms with van der Waals surface area (Å²) in [5.41, 5.74) is 0. The lowest BCUT2D eigenvalue weighted by Gasteiger charge is -2.18. The Morgan fingerprint density at radius 3 is 2.45 bits per heavy atom. The Kier molecular flexibility index (Phi) is 4.86. The summed E-state index contributed by atoms with van der Waals surface area (Å²) in [5, 5.41) is 8.50. The van der Waals surface area contributed by atoms with Crippen molar-refractivity contribution in [2.24, 2.45) is 5.92 Å². The molecule has 0 aromatic heterocycles. The smallest absolute Gasteiger partial charge is 0.224 e. The number of carbonyl (C=O) groups excluding carboxylic acids is 1. The fourth-order valence-electron chi connectivity index (χ4n) is 0.859. The van der Waals surface area contributed by atoms with E-state index in [1.165, 1.54) is 0 Å². The van der Waals surface area contributed by atoms with E-state index in [-0.39, 0.29) is 18.4 Å². The number of aliphatic hydroxyl groups excluding tert-OH is 1. The number of carbonyl (C=O) groups is 1. The average molecular weight is 159 g/mol. The molecule has 0 rings (SSSR count). The molecule has 0 aromatic rings. The van der Waals surface area contributed by atoms with Crippen LogP contribution in [0.5, 0.6) is 0 Å². The molecule has 0 spiro atoms. The number of hydrogen-bond donors (Lipinski definition) is 1. The molecule has 0 radical (unpaired) electrons. The lowest BCUT2D eigenvalue weighted by Crippen LogP contribution is -2.31. The third-order valence-corrected chi connectivity index (χ3v) is 1.52. The quantitative estimate of drug-likeness (QED) is 0.648. The van der Waals surface area contributed by atoms with Gasteiger partial charge in [-0.2, -0.15) is 0 Å². The van der Waals surface area contributed by atoms with E-state index in [2.05, 4.69) is 0 Å². The molecule has 66 valence electrons. The standard InChI is InChI=1S/C8H17NO2/c1-7(2)8(11)9(3)5-4-6-10/h7,10H,4-6H2,1-3H3. The molecule has 0 saturated carbocycles. The summed E-state index contributed by atoms with van der Waals surface area (Å²) < 4.78 is 0. The van der Waals surface area contributed by atoms with Crippen molar-refractivity contribution in [2.75, 3.05) is 20.2 Å². The van der Waals surface area contributed by atoms with Crippen LogP contribution >= 0.6 is 0 Å². The molecule has 1 amide bonds. The molecule has 0 aliphatic carbocycles. The number of rotatable bonds is 4. The van der Waals surface area contributed by atoms with Crippen LogP contribution in [-0.2, 0) is 4.79 Å². The summed E-state index contributed by atoms with van der Waals surface area (Å²) in [6.07, 6.45) is 0.662. The number of amides is 1. The first-order valence-electron chi connectivity index (χ1n) is 3.95. The van der Waals surface area contributed by atoms with E-state index in [1.54, 1.807) is 11.9 Å². The van der Waals surface area contributed by atoms with Crippen LogP contribution in [0.25, 0.3) is 0 Å². The molecule has 1 N–H and O–H groups in total. The van der Waals surface area contributed by atoms with Gasteiger partial charge in [0.05, 0.1) is 0 Å². The summed E-state index contributed by atoms with van der Waals surface area (Å²) in [6.45, 7) is 4.54. The van der Waals surface area contributed by atoms with Gasteiger partial charge in [-0.1, -0.05) is 13.8 Å². The summed E-state index contributed by atoms with van der Waals surface area (Å²) in [4.78, 5) is 12.8. The second-order valence-electron chi connectivity index (χ2n) is 2.99. The largest absolute Gasteiger partial charge is 0.396 e. The molecule has 3 heteroatoms. The van der Waals surface area contributed by atoms with Gasteiger partial charge in [-0.05, 0) is 6.42 Å². The van der Waals surface area contributed by atoms with Crippen LogP contribution < -0.4 is 0 Å². The fraction of sp³-hybridized carbons (Fsp3) is 0.875. The topological polar surface area (TPSA) is 40.5 Å². The molecule has 0 aliphatic rings. The van der Waals surface area contributed by atoms with Crippen LogP contribution in [0.15, 0.2) is 0 Å². The van der Waals surface area contributed by atoms with Crippen molar-refractivity contribution in [3.05, 3.63) is 0 Å². The Balaban J connectivity index is 3.64. The number of nitrogens with zero attached hydrogens (tertiary/aromatic N) is 1. The summed E-state index contributed by atoms with van der Waals surface area (Å²) in [7, 11) is 1.76. The highest BCUT2D eigenvalue weighted by Crippen LogP contribution is 1.98. The molecule has 0 unspecified atom stereocenters. The Morgan fingerprint density at radius 2 is 2.09 bits per heavy atom. The maximum atomic E-state index is 11.2. The molecule has 0 aliphatic heterocycles. The Bertz CT molecular complexity index is 123. The minimum Gasteiger partial charge on any atom is -0.396 e. The Hall–Kier alpha value is -0.570. The maximum absolute atomic E-state index is 11.2. The highest BCUT2D eigenvalue weighted by atomic mass is 16.3. The maximum Gasteiger partial charge on any atom is 0.224 e. The zero-order valence-corrected chi connectivity index (χ0v) is 7.50. The average Bonchev–Trinajstić information content (AvgIpc) is 1.98. The second kappa shape index (κ2) is 5.13. The Labute approximate surface area is 68.0 Å². The van der Waals surface area contributed by atoms with Crippen LogP contribution in [-0.4, -0.2) is 36.1 Å². The lowest BCUT2D eigenvalue weighted by molar-refractivity contribution is -0.133. The first-order chi connectivity index (χ1) is 5.09. The highest BCUT2D eigenvalue weighted by molar-refractivity contribution is 5.77. The van der Waals surface area contributed by atoms with Crippen LogP contribution in [0, 0.1) is 5.92 Å². The van der Waals surface area contributed by atoms with Gasteiger partial charge in [0.2, 0.25) is 5.91 Å². The normalized spacial score (nSPS) is 10.3. The third kappa shape index (κ3) is 3.98. The molecule has 11 heavy (non-hydrogen) atoms. The summed E-state index contributed by atoms with van der Waals surface area (Å²) in [6, 6.07) is 0. The molecular weight excluding hydrogens is 142 g/mol. The Morgan fingerprint density at radius 1 is 1.55 bits per heavy atom. The van der Waals surface area contributed by atoms with Gasteiger partial charge >= 0.3 is 0 Å². The van der Waals surface area contributed by atoms with Gasteiger partial charge in [-0.15, -0.1) is 0 Å². The van der Waals surface area contributed by atoms with Crippen molar-refractivity contribution in [3.8, 4) is 0 Å². The second-order valence-corrected chi connectivity index (χ2v) is 2.99. The monoisotopic (exact) mass is 159 g/mol. The van der Waals surface area contributed by atoms with Crippen molar-refractivity contribution < 1.29 is 9.90 Å². The van der Waals surface area contributed by atoms with Gasteiger partial charge in [-0.25, -0.2) is 0 Å². The molecular formula is C8H17NO2. The van der Waals surface area contributed by atoms with E-state index >= 15 is 0 Å². The summed E-state index contributed by atoms with van der Waals surface area (Å²) in [5.74, 6) is 0.192. The first-order valence-corrected chi connectivity index (χ1v) is 3.95. The molecule has 0 bridgehead atoms. The van der Waals surface area contributed by atoms with Crippen LogP contribution in [0.1, 0.15) is 20.3 Å². The van der Waals surface area contributed by atoms with E-state index in [0.717, 1.165) is 0 Å². The van der Waals surface area contributed by atoms with Crippen molar-refractivity contribution in [2.45, 2.75) is 20.3 Å². The van der Waals surface area contributed by atoms with Gasteiger partial charge in [0.15, 0.2) is 0 Å². The predicted octanol–water partition coefficient (Wildman–Crippen LogP) is 0.483. The lowest BCUT2D eigenvalue weighted by atomic mass is 10.2. The van der Waals surface area contributed by atoms with Crippen LogP contribution in [0.3, 0.4) is 0 Å². The van der Waals surface area contributed by atoms with Gasteiger partial charge in [-0.3, -0.25) is 4.79 Å². The van der Waals surface area contributed by atoms with E-state index in [4.69, 9.17) is 5.11 Å². The number of hydrogen-bond acceptors (Lipinski definition) is 2. The molecule has 0 saturated heterocycles. The van der Waals surface area contributed by atoms with E-state index < -0.39 is 0 Å². The van der Waals surface area contributed by atoms with Crippen molar-refractivity contribution in [1.82, 2.24) is 4.90 Å². The highest BCUT2D eigenvalue weighted by Gasteiger charge is 2.11. The van der Waals surface area contributed by atoms with E-state index in [0.29, 0.717) is 13.0 Å². The van der Waals surface area contributed by atoms with Gasteiger partial charge in [0.1, 0.15) is 0 Å². The molecule has 0 aromatic carbocycles. The molecule has 3 nitrogen and oxygen atoms in total. The zero-order chi connectivity index (χ0) is 8.85. The SMILES string of the molecule is CC(C)C(=O)N(C)CCCO. The number of aliphatic hydroxyl groups is 1. The zero-order valence-electron chi connectivity index (χ0n) is 7.50. The minimum atomic E-state index is 0.0543. The minimum absolute atomic E-state index is 0.0543. The van der Waals surface area contributed by atoms with E-state index in [1.807, 2.05) is 13.8 Å². The van der Waals surface area contributed by atoms with Crippen molar-refractivity contribution in [3.63, 3.8) is 0 Å². The predicted molar refractivity (Wildman–Crippen MR) is 44.2 cm³/mol. The van der Waals surface area contributed by atoms with Gasteiger partial charge in [0, 0.05) is 26.1 Å². The first kappa shape index (κ1) is 10.4. The van der Waals surface area contributed by atoms with Crippen LogP contribution in [0.2, 0.25) is 0 Å². The van der Waals surface area contributed by atoms with Gasteiger partial charge in [0.25, 0.3) is 0 Å². The molecule has 0 atom stereocenters. The van der Waals surface area contributed by atoms with E-state index in [9.17, 15) is 4.79 Å². The molecule has 0 fully saturated rings. The van der Waals surface area contributed by atoms with Crippen molar-refractivity contribution in [1.29, 1.82) is 0 Å². The third-order valence-electron chi connectivity index (χ3n) is 1.52. The van der Waals surface area contributed by atoms with Crippen molar-refractivity contribution >= 4 is 5.91 Å². The van der Waals surface area contributed by atoms with Gasteiger partial charge < -0.3 is 10.0 Å². The summed E-state index contributed by atoms with van der Waals surface area (Å²) >= 11 is 0. The fourth-order valence-corrected chi connectivity index (χ4v) is 0.859. The van der Waals surface area contributed by atoms with Crippen LogP contribution in [0.4, 0.5) is 0 Å². The molecule has 0 heterocycles.